The van der Waals surface area contributed by atoms with Crippen LogP contribution in [0.4, 0.5) is 5.69 Å². The van der Waals surface area contributed by atoms with Gasteiger partial charge in [-0.05, 0) is 18.2 Å². The van der Waals surface area contributed by atoms with Gasteiger partial charge < -0.3 is 21.0 Å². The lowest BCUT2D eigenvalue weighted by atomic mass is 10.3. The molecule has 1 aromatic carbocycles. The van der Waals surface area contributed by atoms with Crippen molar-refractivity contribution in [3.8, 4) is 5.75 Å². The van der Waals surface area contributed by atoms with E-state index < -0.39 is 0 Å². The molecule has 0 radical (unpaired) electrons. The fourth-order valence-electron chi connectivity index (χ4n) is 1.43. The SMILES string of the molecule is NC(COc1cccc(NC(=O)c2ccn[nH]2)c1)=NO. The van der Waals surface area contributed by atoms with Gasteiger partial charge in [-0.1, -0.05) is 11.2 Å². The molecule has 0 aliphatic heterocycles. The van der Waals surface area contributed by atoms with E-state index in [2.05, 4.69) is 20.7 Å². The first-order chi connectivity index (χ1) is 9.69. The summed E-state index contributed by atoms with van der Waals surface area (Å²) in [6.45, 7) is -0.0472. The van der Waals surface area contributed by atoms with Crippen LogP contribution in [-0.4, -0.2) is 33.8 Å². The molecule has 0 unspecified atom stereocenters. The molecule has 8 heteroatoms. The summed E-state index contributed by atoms with van der Waals surface area (Å²) in [5.41, 5.74) is 6.21. The third-order valence-electron chi connectivity index (χ3n) is 2.35. The number of hydrogen-bond acceptors (Lipinski definition) is 5. The Morgan fingerprint density at radius 3 is 3.05 bits per heavy atom. The van der Waals surface area contributed by atoms with Gasteiger partial charge in [-0.3, -0.25) is 9.89 Å². The minimum absolute atomic E-state index is 0.0445. The van der Waals surface area contributed by atoms with E-state index in [4.69, 9.17) is 15.7 Å². The van der Waals surface area contributed by atoms with Crippen molar-refractivity contribution in [2.45, 2.75) is 0 Å². The molecule has 8 nitrogen and oxygen atoms in total. The minimum Gasteiger partial charge on any atom is -0.485 e. The van der Waals surface area contributed by atoms with Crippen LogP contribution in [0.2, 0.25) is 0 Å². The summed E-state index contributed by atoms with van der Waals surface area (Å²) < 4.78 is 5.28. The van der Waals surface area contributed by atoms with Gasteiger partial charge in [0.1, 0.15) is 18.1 Å². The number of anilines is 1. The Kier molecular flexibility index (Phi) is 4.17. The maximum absolute atomic E-state index is 11.8. The van der Waals surface area contributed by atoms with Gasteiger partial charge in [-0.25, -0.2) is 0 Å². The van der Waals surface area contributed by atoms with Gasteiger partial charge in [-0.15, -0.1) is 0 Å². The van der Waals surface area contributed by atoms with Crippen LogP contribution in [0.3, 0.4) is 0 Å². The number of hydrogen-bond donors (Lipinski definition) is 4. The zero-order valence-electron chi connectivity index (χ0n) is 10.4. The van der Waals surface area contributed by atoms with Crippen LogP contribution in [0.25, 0.3) is 0 Å². The molecule has 1 heterocycles. The number of ether oxygens (including phenoxy) is 1. The van der Waals surface area contributed by atoms with E-state index >= 15 is 0 Å². The summed E-state index contributed by atoms with van der Waals surface area (Å²) in [6.07, 6.45) is 1.49. The molecule has 2 aromatic rings. The van der Waals surface area contributed by atoms with Crippen LogP contribution in [0.1, 0.15) is 10.5 Å². The maximum Gasteiger partial charge on any atom is 0.273 e. The van der Waals surface area contributed by atoms with Crippen molar-refractivity contribution in [2.24, 2.45) is 10.9 Å². The zero-order valence-corrected chi connectivity index (χ0v) is 10.4. The van der Waals surface area contributed by atoms with E-state index in [0.717, 1.165) is 0 Å². The summed E-state index contributed by atoms with van der Waals surface area (Å²) in [7, 11) is 0. The molecule has 0 bridgehead atoms. The van der Waals surface area contributed by atoms with Crippen LogP contribution in [-0.2, 0) is 0 Å². The van der Waals surface area contributed by atoms with Crippen LogP contribution in [0.15, 0.2) is 41.7 Å². The van der Waals surface area contributed by atoms with Gasteiger partial charge in [-0.2, -0.15) is 5.10 Å². The molecule has 1 aromatic heterocycles. The molecule has 0 aliphatic rings. The second-order valence-electron chi connectivity index (χ2n) is 3.83. The quantitative estimate of drug-likeness (QED) is 0.278. The van der Waals surface area contributed by atoms with Gasteiger partial charge in [0.05, 0.1) is 0 Å². The van der Waals surface area contributed by atoms with Crippen molar-refractivity contribution >= 4 is 17.4 Å². The Bertz CT molecular complexity index is 609. The number of H-pyrrole nitrogens is 1. The Labute approximate surface area is 114 Å². The summed E-state index contributed by atoms with van der Waals surface area (Å²) in [6, 6.07) is 8.30. The summed E-state index contributed by atoms with van der Waals surface area (Å²) in [5.74, 6) is 0.131. The summed E-state index contributed by atoms with van der Waals surface area (Å²) >= 11 is 0. The number of nitrogens with two attached hydrogens (primary N) is 1. The Balaban J connectivity index is 2.01. The molecule has 0 atom stereocenters. The second-order valence-corrected chi connectivity index (χ2v) is 3.83. The van der Waals surface area contributed by atoms with Gasteiger partial charge in [0, 0.05) is 18.0 Å². The van der Waals surface area contributed by atoms with E-state index in [1.165, 1.54) is 6.20 Å². The fourth-order valence-corrected chi connectivity index (χ4v) is 1.43. The van der Waals surface area contributed by atoms with E-state index in [1.54, 1.807) is 30.3 Å². The number of benzene rings is 1. The second kappa shape index (κ2) is 6.23. The predicted molar refractivity (Wildman–Crippen MR) is 71.9 cm³/mol. The number of carbonyl (C=O) groups excluding carboxylic acids is 1. The molecule has 0 fully saturated rings. The van der Waals surface area contributed by atoms with Crippen LogP contribution < -0.4 is 15.8 Å². The molecule has 0 spiro atoms. The summed E-state index contributed by atoms with van der Waals surface area (Å²) in [5, 5.41) is 20.2. The Morgan fingerprint density at radius 2 is 2.35 bits per heavy atom. The lowest BCUT2D eigenvalue weighted by Gasteiger charge is -2.08. The lowest BCUT2D eigenvalue weighted by molar-refractivity contribution is 0.102. The van der Waals surface area contributed by atoms with Crippen molar-refractivity contribution in [1.29, 1.82) is 0 Å². The standard InChI is InChI=1S/C12H13N5O3/c13-11(17-19)7-20-9-3-1-2-8(6-9)15-12(18)10-4-5-14-16-10/h1-6,19H,7H2,(H2,13,17)(H,14,16)(H,15,18). The zero-order chi connectivity index (χ0) is 14.4. The Morgan fingerprint density at radius 1 is 1.50 bits per heavy atom. The third-order valence-corrected chi connectivity index (χ3v) is 2.35. The predicted octanol–water partition coefficient (Wildman–Crippen LogP) is 0.787. The maximum atomic E-state index is 11.8. The minimum atomic E-state index is -0.309. The number of rotatable bonds is 5. The van der Waals surface area contributed by atoms with E-state index in [9.17, 15) is 4.79 Å². The van der Waals surface area contributed by atoms with Crippen molar-refractivity contribution in [2.75, 3.05) is 11.9 Å². The first kappa shape index (κ1) is 13.4. The highest BCUT2D eigenvalue weighted by Gasteiger charge is 2.07. The van der Waals surface area contributed by atoms with Crippen LogP contribution in [0.5, 0.6) is 5.75 Å². The average molecular weight is 275 g/mol. The first-order valence-corrected chi connectivity index (χ1v) is 5.69. The van der Waals surface area contributed by atoms with Crippen molar-refractivity contribution in [1.82, 2.24) is 10.2 Å². The van der Waals surface area contributed by atoms with Crippen molar-refractivity contribution in [3.63, 3.8) is 0 Å². The number of amides is 1. The van der Waals surface area contributed by atoms with Crippen LogP contribution in [0, 0.1) is 0 Å². The van der Waals surface area contributed by atoms with Crippen LogP contribution >= 0.6 is 0 Å². The number of oxime groups is 1. The molecule has 0 saturated heterocycles. The van der Waals surface area contributed by atoms with Gasteiger partial charge >= 0.3 is 0 Å². The smallest absolute Gasteiger partial charge is 0.273 e. The molecular formula is C12H13N5O3. The fraction of sp³-hybridized carbons (Fsp3) is 0.0833. The molecule has 20 heavy (non-hydrogen) atoms. The number of carbonyl (C=O) groups is 1. The molecule has 2 rings (SSSR count). The topological polar surface area (TPSA) is 126 Å². The van der Waals surface area contributed by atoms with Crippen molar-refractivity contribution in [3.05, 3.63) is 42.2 Å². The average Bonchev–Trinajstić information content (AvgIpc) is 2.99. The molecular weight excluding hydrogens is 262 g/mol. The third kappa shape index (κ3) is 3.48. The van der Waals surface area contributed by atoms with E-state index in [-0.39, 0.29) is 18.3 Å². The number of aromatic nitrogens is 2. The largest absolute Gasteiger partial charge is 0.485 e. The monoisotopic (exact) mass is 275 g/mol. The van der Waals surface area contributed by atoms with Gasteiger partial charge in [0.2, 0.25) is 0 Å². The van der Waals surface area contributed by atoms with E-state index in [1.807, 2.05) is 0 Å². The highest BCUT2D eigenvalue weighted by molar-refractivity contribution is 6.02. The normalized spacial score (nSPS) is 11.1. The number of nitrogens with zero attached hydrogens (tertiary/aromatic N) is 2. The molecule has 0 aliphatic carbocycles. The van der Waals surface area contributed by atoms with Crippen molar-refractivity contribution < 1.29 is 14.7 Å². The molecule has 5 N–H and O–H groups in total. The van der Waals surface area contributed by atoms with E-state index in [0.29, 0.717) is 17.1 Å². The number of aromatic amines is 1. The summed E-state index contributed by atoms with van der Waals surface area (Å²) in [4.78, 5) is 11.8. The first-order valence-electron chi connectivity index (χ1n) is 5.69. The van der Waals surface area contributed by atoms with Gasteiger partial charge in [0.15, 0.2) is 5.84 Å². The molecule has 1 amide bonds. The lowest BCUT2D eigenvalue weighted by Crippen LogP contribution is -2.20. The van der Waals surface area contributed by atoms with Gasteiger partial charge in [0.25, 0.3) is 5.91 Å². The molecule has 0 saturated carbocycles. The Hall–Kier alpha value is -3.03. The number of nitrogens with one attached hydrogen (secondary N) is 2. The highest BCUT2D eigenvalue weighted by Crippen LogP contribution is 2.17. The highest BCUT2D eigenvalue weighted by atomic mass is 16.5. The number of amidine groups is 1. The molecule has 104 valence electrons.